The zero-order chi connectivity index (χ0) is 23.3. The van der Waals surface area contributed by atoms with Crippen LogP contribution in [0.3, 0.4) is 0 Å². The van der Waals surface area contributed by atoms with Gasteiger partial charge in [-0.25, -0.2) is 0 Å². The fourth-order valence-corrected chi connectivity index (χ4v) is 4.71. The standard InChI is InChI=1S/C29H29N3O2/c33-28(16-15-24-18-30-27-9-4-3-8-26(24)27)31-19-23-6-1-2-7-25(23)22-13-11-21(12-14-22)20-32-17-5-10-29(32)34/h1-4,6-9,11-14,18,30H,5,10,15-17,19-20H2,(H,31,33). The lowest BCUT2D eigenvalue weighted by molar-refractivity contribution is -0.128. The smallest absolute Gasteiger partial charge is 0.222 e. The van der Waals surface area contributed by atoms with Crippen LogP contribution in [-0.2, 0) is 29.1 Å². The van der Waals surface area contributed by atoms with E-state index < -0.39 is 0 Å². The van der Waals surface area contributed by atoms with Crippen LogP contribution in [0.4, 0.5) is 0 Å². The van der Waals surface area contributed by atoms with Gasteiger partial charge in [-0.05, 0) is 46.7 Å². The fourth-order valence-electron chi connectivity index (χ4n) is 4.71. The topological polar surface area (TPSA) is 65.2 Å². The van der Waals surface area contributed by atoms with Gasteiger partial charge in [-0.2, -0.15) is 0 Å². The van der Waals surface area contributed by atoms with Crippen molar-refractivity contribution in [1.82, 2.24) is 15.2 Å². The van der Waals surface area contributed by atoms with Crippen LogP contribution >= 0.6 is 0 Å². The highest BCUT2D eigenvalue weighted by Crippen LogP contribution is 2.25. The molecule has 2 heterocycles. The van der Waals surface area contributed by atoms with Gasteiger partial charge in [0.25, 0.3) is 0 Å². The number of benzene rings is 3. The van der Waals surface area contributed by atoms with Crippen LogP contribution in [0.2, 0.25) is 0 Å². The molecule has 1 aliphatic heterocycles. The molecule has 0 bridgehead atoms. The van der Waals surface area contributed by atoms with E-state index in [1.165, 1.54) is 10.9 Å². The number of H-pyrrole nitrogens is 1. The van der Waals surface area contributed by atoms with Gasteiger partial charge in [0, 0.05) is 49.6 Å². The minimum Gasteiger partial charge on any atom is -0.361 e. The Morgan fingerprint density at radius 2 is 1.74 bits per heavy atom. The molecule has 5 nitrogen and oxygen atoms in total. The maximum absolute atomic E-state index is 12.6. The van der Waals surface area contributed by atoms with Crippen molar-refractivity contribution >= 4 is 22.7 Å². The summed E-state index contributed by atoms with van der Waals surface area (Å²) < 4.78 is 0. The summed E-state index contributed by atoms with van der Waals surface area (Å²) in [5, 5.41) is 4.27. The highest BCUT2D eigenvalue weighted by Gasteiger charge is 2.20. The zero-order valence-corrected chi connectivity index (χ0v) is 19.2. The Morgan fingerprint density at radius 3 is 2.56 bits per heavy atom. The molecule has 0 aliphatic carbocycles. The van der Waals surface area contributed by atoms with Crippen LogP contribution < -0.4 is 5.32 Å². The van der Waals surface area contributed by atoms with Crippen molar-refractivity contribution in [1.29, 1.82) is 0 Å². The Bertz CT molecular complexity index is 1310. The first-order valence-electron chi connectivity index (χ1n) is 11.9. The average Bonchev–Trinajstić information content (AvgIpc) is 3.48. The number of aromatic nitrogens is 1. The minimum atomic E-state index is 0.0470. The third-order valence-corrected chi connectivity index (χ3v) is 6.60. The summed E-state index contributed by atoms with van der Waals surface area (Å²) >= 11 is 0. The highest BCUT2D eigenvalue weighted by molar-refractivity contribution is 5.84. The van der Waals surface area contributed by atoms with Gasteiger partial charge >= 0.3 is 0 Å². The molecule has 0 saturated carbocycles. The summed E-state index contributed by atoms with van der Waals surface area (Å²) in [5.41, 5.74) is 6.72. The van der Waals surface area contributed by atoms with E-state index in [9.17, 15) is 9.59 Å². The van der Waals surface area contributed by atoms with Crippen molar-refractivity contribution in [2.75, 3.05) is 6.54 Å². The van der Waals surface area contributed by atoms with Crippen molar-refractivity contribution in [3.8, 4) is 11.1 Å². The monoisotopic (exact) mass is 451 g/mol. The molecule has 5 rings (SSSR count). The fraction of sp³-hybridized carbons (Fsp3) is 0.241. The molecule has 0 spiro atoms. The van der Waals surface area contributed by atoms with E-state index in [-0.39, 0.29) is 11.8 Å². The summed E-state index contributed by atoms with van der Waals surface area (Å²) in [4.78, 5) is 29.7. The van der Waals surface area contributed by atoms with Gasteiger partial charge in [-0.15, -0.1) is 0 Å². The van der Waals surface area contributed by atoms with Gasteiger partial charge in [0.05, 0.1) is 0 Å². The van der Waals surface area contributed by atoms with Crippen LogP contribution in [0.5, 0.6) is 0 Å². The maximum atomic E-state index is 12.6. The normalized spacial score (nSPS) is 13.5. The van der Waals surface area contributed by atoms with Gasteiger partial charge in [0.15, 0.2) is 0 Å². The number of nitrogens with zero attached hydrogens (tertiary/aromatic N) is 1. The lowest BCUT2D eigenvalue weighted by Gasteiger charge is -2.16. The quantitative estimate of drug-likeness (QED) is 0.386. The van der Waals surface area contributed by atoms with Crippen molar-refractivity contribution in [3.63, 3.8) is 0 Å². The molecular formula is C29H29N3O2. The first-order chi connectivity index (χ1) is 16.7. The molecule has 3 aromatic carbocycles. The Morgan fingerprint density at radius 1 is 0.941 bits per heavy atom. The molecule has 1 aromatic heterocycles. The molecule has 1 saturated heterocycles. The third-order valence-electron chi connectivity index (χ3n) is 6.60. The Kier molecular flexibility index (Phi) is 6.43. The highest BCUT2D eigenvalue weighted by atomic mass is 16.2. The first kappa shape index (κ1) is 22.0. The average molecular weight is 452 g/mol. The number of carbonyl (C=O) groups is 2. The number of hydrogen-bond acceptors (Lipinski definition) is 2. The number of aromatic amines is 1. The van der Waals surface area contributed by atoms with Crippen LogP contribution in [0.15, 0.2) is 79.0 Å². The van der Waals surface area contributed by atoms with Crippen molar-refractivity contribution < 1.29 is 9.59 Å². The van der Waals surface area contributed by atoms with Crippen LogP contribution in [0.1, 0.15) is 36.0 Å². The van der Waals surface area contributed by atoms with Gasteiger partial charge in [0.1, 0.15) is 0 Å². The van der Waals surface area contributed by atoms with Crippen molar-refractivity contribution in [2.45, 2.75) is 38.8 Å². The van der Waals surface area contributed by atoms with Gasteiger partial charge in [-0.3, -0.25) is 9.59 Å². The molecule has 5 heteroatoms. The molecule has 2 amide bonds. The molecule has 34 heavy (non-hydrogen) atoms. The molecule has 0 unspecified atom stereocenters. The second kappa shape index (κ2) is 9.96. The first-order valence-corrected chi connectivity index (χ1v) is 11.9. The van der Waals surface area contributed by atoms with E-state index >= 15 is 0 Å². The molecule has 1 aliphatic rings. The number of likely N-dealkylation sites (tertiary alicyclic amines) is 1. The number of fused-ring (bicyclic) bond motifs is 1. The van der Waals surface area contributed by atoms with E-state index in [1.54, 1.807) is 0 Å². The number of rotatable bonds is 8. The molecule has 172 valence electrons. The maximum Gasteiger partial charge on any atom is 0.222 e. The third kappa shape index (κ3) is 4.88. The second-order valence-corrected chi connectivity index (χ2v) is 8.91. The largest absolute Gasteiger partial charge is 0.361 e. The van der Waals surface area contributed by atoms with E-state index in [0.29, 0.717) is 32.4 Å². The van der Waals surface area contributed by atoms with E-state index in [1.807, 2.05) is 41.4 Å². The second-order valence-electron chi connectivity index (χ2n) is 8.91. The van der Waals surface area contributed by atoms with Crippen molar-refractivity contribution in [3.05, 3.63) is 95.7 Å². The lowest BCUT2D eigenvalue weighted by Crippen LogP contribution is -2.23. The number of para-hydroxylation sites is 1. The SMILES string of the molecule is O=C(CCc1c[nH]c2ccccc12)NCc1ccccc1-c1ccc(CN2CCCC2=O)cc1. The Labute approximate surface area is 199 Å². The summed E-state index contributed by atoms with van der Waals surface area (Å²) in [6.45, 7) is 2.02. The van der Waals surface area contributed by atoms with E-state index in [2.05, 4.69) is 52.8 Å². The molecule has 0 radical (unpaired) electrons. The van der Waals surface area contributed by atoms with Crippen molar-refractivity contribution in [2.24, 2.45) is 0 Å². The molecule has 4 aromatic rings. The van der Waals surface area contributed by atoms with E-state index in [4.69, 9.17) is 0 Å². The number of amides is 2. The molecule has 1 fully saturated rings. The van der Waals surface area contributed by atoms with Crippen LogP contribution in [-0.4, -0.2) is 28.2 Å². The predicted octanol–water partition coefficient (Wildman–Crippen LogP) is 5.21. The predicted molar refractivity (Wildman–Crippen MR) is 135 cm³/mol. The van der Waals surface area contributed by atoms with Crippen LogP contribution in [0.25, 0.3) is 22.0 Å². The summed E-state index contributed by atoms with van der Waals surface area (Å²) in [5.74, 6) is 0.292. The summed E-state index contributed by atoms with van der Waals surface area (Å²) in [6, 6.07) is 24.7. The Balaban J connectivity index is 1.20. The van der Waals surface area contributed by atoms with Gasteiger partial charge < -0.3 is 15.2 Å². The molecule has 0 atom stereocenters. The number of nitrogens with one attached hydrogen (secondary N) is 2. The molecule has 2 N–H and O–H groups in total. The van der Waals surface area contributed by atoms with Crippen LogP contribution in [0, 0.1) is 0 Å². The zero-order valence-electron chi connectivity index (χ0n) is 19.2. The minimum absolute atomic E-state index is 0.0470. The molecular weight excluding hydrogens is 422 g/mol. The number of aryl methyl sites for hydroxylation is 1. The van der Waals surface area contributed by atoms with Gasteiger partial charge in [0.2, 0.25) is 11.8 Å². The Hall–Kier alpha value is -3.86. The lowest BCUT2D eigenvalue weighted by atomic mass is 9.98. The van der Waals surface area contributed by atoms with Gasteiger partial charge in [-0.1, -0.05) is 66.7 Å². The van der Waals surface area contributed by atoms with E-state index in [0.717, 1.165) is 40.7 Å². The number of carbonyl (C=O) groups excluding carboxylic acids is 2. The summed E-state index contributed by atoms with van der Waals surface area (Å²) in [6.07, 6.45) is 4.78. The summed E-state index contributed by atoms with van der Waals surface area (Å²) in [7, 11) is 0. The number of hydrogen-bond donors (Lipinski definition) is 2.